The van der Waals surface area contributed by atoms with Crippen LogP contribution in [0.1, 0.15) is 45.9 Å². The number of alkyl halides is 6. The number of benzene rings is 3. The van der Waals surface area contributed by atoms with Gasteiger partial charge in [0.1, 0.15) is 0 Å². The zero-order valence-electron chi connectivity index (χ0n) is 18.6. The van der Waals surface area contributed by atoms with Crippen molar-refractivity contribution in [2.24, 2.45) is 0 Å². The molecule has 10 heteroatoms. The smallest absolute Gasteiger partial charge is 0.349 e. The summed E-state index contributed by atoms with van der Waals surface area (Å²) in [6, 6.07) is 10.3. The molecule has 0 aliphatic heterocycles. The summed E-state index contributed by atoms with van der Waals surface area (Å²) >= 11 is 0. The Kier molecular flexibility index (Phi) is 6.79. The van der Waals surface area contributed by atoms with Gasteiger partial charge in [0, 0.05) is 17.7 Å². The Balaban J connectivity index is 1.58. The molecule has 4 nitrogen and oxygen atoms in total. The minimum Gasteiger partial charge on any atom is -0.349 e. The van der Waals surface area contributed by atoms with E-state index in [2.05, 4.69) is 5.32 Å². The average molecular weight is 506 g/mol. The van der Waals surface area contributed by atoms with Gasteiger partial charge in [-0.2, -0.15) is 26.3 Å². The maximum atomic E-state index is 13.6. The zero-order chi connectivity index (χ0) is 26.1. The molecule has 0 saturated heterocycles. The maximum absolute atomic E-state index is 13.6. The molecule has 1 saturated carbocycles. The number of hydrogen-bond acceptors (Lipinski definition) is 2. The van der Waals surface area contributed by atoms with Gasteiger partial charge in [0.05, 0.1) is 5.56 Å². The molecule has 1 atom stereocenters. The maximum Gasteiger partial charge on any atom is 0.416 e. The normalized spacial score (nSPS) is 15.2. The Bertz CT molecular complexity index is 1330. The number of halogens is 6. The van der Waals surface area contributed by atoms with Crippen molar-refractivity contribution in [3.63, 3.8) is 0 Å². The number of nitrogens with one attached hydrogen (secondary N) is 2. The minimum absolute atomic E-state index is 0.151. The summed E-state index contributed by atoms with van der Waals surface area (Å²) in [7, 11) is 0. The second-order valence-electron chi connectivity index (χ2n) is 8.44. The van der Waals surface area contributed by atoms with Crippen LogP contribution in [-0.4, -0.2) is 24.0 Å². The second kappa shape index (κ2) is 9.67. The van der Waals surface area contributed by atoms with Gasteiger partial charge in [0.25, 0.3) is 5.91 Å². The molecular weight excluding hydrogens is 486 g/mol. The monoisotopic (exact) mass is 506 g/mol. The molecule has 1 aliphatic rings. The lowest BCUT2D eigenvalue weighted by Gasteiger charge is -2.22. The number of hydrogen-bond donors (Lipinski definition) is 2. The second-order valence-corrected chi connectivity index (χ2v) is 8.44. The zero-order valence-corrected chi connectivity index (χ0v) is 18.6. The summed E-state index contributed by atoms with van der Waals surface area (Å²) in [5.41, 5.74) is -1.08. The lowest BCUT2D eigenvalue weighted by Crippen LogP contribution is -2.37. The number of rotatable bonds is 6. The average Bonchev–Trinajstić information content (AvgIpc) is 3.63. The van der Waals surface area contributed by atoms with Crippen molar-refractivity contribution < 1.29 is 35.9 Å². The fraction of sp³-hybridized carbons (Fsp3) is 0.231. The fourth-order valence-electron chi connectivity index (χ4n) is 3.77. The van der Waals surface area contributed by atoms with Gasteiger partial charge in [-0.15, -0.1) is 0 Å². The highest BCUT2D eigenvalue weighted by Gasteiger charge is 2.42. The van der Waals surface area contributed by atoms with E-state index in [9.17, 15) is 35.9 Å². The molecular formula is C26H20F6N2O2. The van der Waals surface area contributed by atoms with E-state index in [-0.39, 0.29) is 11.9 Å². The fourth-order valence-corrected chi connectivity index (χ4v) is 3.77. The largest absolute Gasteiger partial charge is 0.416 e. The summed E-state index contributed by atoms with van der Waals surface area (Å²) in [6.45, 7) is 0. The quantitative estimate of drug-likeness (QED) is 0.310. The van der Waals surface area contributed by atoms with Crippen LogP contribution in [0.5, 0.6) is 0 Å². The van der Waals surface area contributed by atoms with Crippen molar-refractivity contribution in [2.45, 2.75) is 37.3 Å². The van der Waals surface area contributed by atoms with Crippen LogP contribution < -0.4 is 10.6 Å². The topological polar surface area (TPSA) is 58.2 Å². The molecule has 0 spiro atoms. The van der Waals surface area contributed by atoms with Crippen molar-refractivity contribution in [1.29, 1.82) is 0 Å². The molecule has 0 radical (unpaired) electrons. The van der Waals surface area contributed by atoms with Crippen LogP contribution in [-0.2, 0) is 11.0 Å². The van der Waals surface area contributed by atoms with Gasteiger partial charge < -0.3 is 10.6 Å². The molecule has 1 aliphatic carbocycles. The third-order valence-corrected chi connectivity index (χ3v) is 5.69. The molecule has 2 N–H and O–H groups in total. The van der Waals surface area contributed by atoms with Crippen LogP contribution in [0, 0.1) is 0 Å². The number of carbonyl (C=O) groups excluding carboxylic acids is 2. The van der Waals surface area contributed by atoms with Crippen LogP contribution in [0.15, 0.2) is 66.7 Å². The van der Waals surface area contributed by atoms with E-state index in [4.69, 9.17) is 0 Å². The van der Waals surface area contributed by atoms with Crippen LogP contribution in [0.4, 0.5) is 26.3 Å². The van der Waals surface area contributed by atoms with E-state index in [1.165, 1.54) is 6.08 Å². The molecule has 1 fully saturated rings. The van der Waals surface area contributed by atoms with Gasteiger partial charge in [0.2, 0.25) is 5.91 Å². The molecule has 3 aromatic carbocycles. The van der Waals surface area contributed by atoms with Crippen molar-refractivity contribution >= 4 is 28.7 Å². The summed E-state index contributed by atoms with van der Waals surface area (Å²) in [6.07, 6.45) is -5.87. The lowest BCUT2D eigenvalue weighted by atomic mass is 9.99. The first-order chi connectivity index (χ1) is 16.9. The molecule has 36 heavy (non-hydrogen) atoms. The number of fused-ring (bicyclic) bond motifs is 1. The predicted molar refractivity (Wildman–Crippen MR) is 122 cm³/mol. The molecule has 0 heterocycles. The third-order valence-electron chi connectivity index (χ3n) is 5.69. The molecule has 1 unspecified atom stereocenters. The van der Waals surface area contributed by atoms with Gasteiger partial charge in [-0.1, -0.05) is 42.5 Å². The Hall–Kier alpha value is -3.82. The standard InChI is InChI=1S/C26H20F6N2O2/c27-25(28,29)17-6-1-5-16(14-17)23(26(30,31)32)34-22(35)13-10-15-4-2-8-20-19(15)7-3-9-21(20)24(36)33-18-11-12-18/h1-10,13-14,18,23H,11-12H2,(H,33,36)(H,34,35). The summed E-state index contributed by atoms with van der Waals surface area (Å²) in [5.74, 6) is -1.38. The molecule has 188 valence electrons. The molecule has 2 amide bonds. The minimum atomic E-state index is -5.03. The molecule has 4 rings (SSSR count). The molecule has 0 aromatic heterocycles. The highest BCUT2D eigenvalue weighted by Crippen LogP contribution is 2.36. The van der Waals surface area contributed by atoms with Crippen molar-refractivity contribution in [1.82, 2.24) is 10.6 Å². The van der Waals surface area contributed by atoms with Crippen molar-refractivity contribution in [2.75, 3.05) is 0 Å². The van der Waals surface area contributed by atoms with Gasteiger partial charge in [-0.3, -0.25) is 9.59 Å². The van der Waals surface area contributed by atoms with E-state index >= 15 is 0 Å². The molecule has 3 aromatic rings. The highest BCUT2D eigenvalue weighted by atomic mass is 19.4. The summed E-state index contributed by atoms with van der Waals surface area (Å²) < 4.78 is 79.8. The Morgan fingerprint density at radius 3 is 2.22 bits per heavy atom. The Morgan fingerprint density at radius 1 is 0.889 bits per heavy atom. The van der Waals surface area contributed by atoms with E-state index < -0.39 is 35.4 Å². The van der Waals surface area contributed by atoms with E-state index in [0.29, 0.717) is 34.0 Å². The third kappa shape index (κ3) is 5.87. The molecule has 0 bridgehead atoms. The van der Waals surface area contributed by atoms with Crippen LogP contribution in [0.2, 0.25) is 0 Å². The van der Waals surface area contributed by atoms with Crippen LogP contribution in [0.3, 0.4) is 0 Å². The van der Waals surface area contributed by atoms with Crippen LogP contribution >= 0.6 is 0 Å². The first-order valence-corrected chi connectivity index (χ1v) is 11.0. The SMILES string of the molecule is O=C(C=Cc1cccc2c(C(=O)NC3CC3)cccc12)NC(c1cccc(C(F)(F)F)c1)C(F)(F)F. The highest BCUT2D eigenvalue weighted by molar-refractivity contribution is 6.09. The van der Waals surface area contributed by atoms with E-state index in [1.807, 2.05) is 0 Å². The van der Waals surface area contributed by atoms with Crippen molar-refractivity contribution in [3.8, 4) is 0 Å². The summed E-state index contributed by atoms with van der Waals surface area (Å²) in [5, 5.41) is 5.86. The van der Waals surface area contributed by atoms with Gasteiger partial charge in [0.15, 0.2) is 6.04 Å². The first kappa shape index (κ1) is 25.3. The van der Waals surface area contributed by atoms with Crippen molar-refractivity contribution in [3.05, 3.63) is 89.0 Å². The van der Waals surface area contributed by atoms with Gasteiger partial charge in [-0.05, 0) is 59.0 Å². The van der Waals surface area contributed by atoms with E-state index in [1.54, 1.807) is 41.7 Å². The Morgan fingerprint density at radius 2 is 1.56 bits per heavy atom. The summed E-state index contributed by atoms with van der Waals surface area (Å²) in [4.78, 5) is 24.9. The first-order valence-electron chi connectivity index (χ1n) is 11.0. The van der Waals surface area contributed by atoms with Gasteiger partial charge >= 0.3 is 12.4 Å². The number of amides is 2. The lowest BCUT2D eigenvalue weighted by molar-refractivity contribution is -0.162. The Labute approximate surface area is 202 Å². The number of carbonyl (C=O) groups is 2. The predicted octanol–water partition coefficient (Wildman–Crippen LogP) is 6.18. The van der Waals surface area contributed by atoms with Gasteiger partial charge in [-0.25, -0.2) is 0 Å². The van der Waals surface area contributed by atoms with Crippen LogP contribution in [0.25, 0.3) is 16.8 Å². The van der Waals surface area contributed by atoms with E-state index in [0.717, 1.165) is 31.1 Å².